The van der Waals surface area contributed by atoms with Crippen molar-refractivity contribution < 1.29 is 9.90 Å². The molecule has 1 N–H and O–H groups in total. The zero-order chi connectivity index (χ0) is 9.35. The highest BCUT2D eigenvalue weighted by molar-refractivity contribution is 9.25. The highest BCUT2D eigenvalue weighted by Crippen LogP contribution is 2.47. The van der Waals surface area contributed by atoms with Gasteiger partial charge in [0.25, 0.3) is 0 Å². The van der Waals surface area contributed by atoms with E-state index >= 15 is 0 Å². The molecule has 1 rings (SSSR count). The van der Waals surface area contributed by atoms with Crippen LogP contribution in [0.3, 0.4) is 0 Å². The van der Waals surface area contributed by atoms with Gasteiger partial charge in [0.1, 0.15) is 0 Å². The van der Waals surface area contributed by atoms with Crippen molar-refractivity contribution in [3.63, 3.8) is 0 Å². The second-order valence-electron chi connectivity index (χ2n) is 3.54. The number of aliphatic carboxylic acids is 1. The van der Waals surface area contributed by atoms with Gasteiger partial charge < -0.3 is 5.11 Å². The Bertz CT molecular complexity index is 191. The number of carboxylic acids is 1. The Morgan fingerprint density at radius 1 is 1.50 bits per heavy atom. The van der Waals surface area contributed by atoms with Crippen molar-refractivity contribution in [2.24, 2.45) is 11.8 Å². The van der Waals surface area contributed by atoms with Crippen molar-refractivity contribution in [3.8, 4) is 0 Å². The summed E-state index contributed by atoms with van der Waals surface area (Å²) in [7, 11) is 0. The molecule has 0 amide bonds. The first kappa shape index (κ1) is 10.5. The molecule has 0 bridgehead atoms. The monoisotopic (exact) mass is 298 g/mol. The number of alkyl halides is 2. The topological polar surface area (TPSA) is 37.3 Å². The van der Waals surface area contributed by atoms with Crippen molar-refractivity contribution in [2.45, 2.75) is 29.4 Å². The second kappa shape index (κ2) is 3.66. The summed E-state index contributed by atoms with van der Waals surface area (Å²) >= 11 is 6.87. The van der Waals surface area contributed by atoms with Gasteiger partial charge in [0, 0.05) is 0 Å². The number of hydrogen-bond donors (Lipinski definition) is 1. The molecule has 0 aromatic carbocycles. The van der Waals surface area contributed by atoms with Gasteiger partial charge in [0.15, 0.2) is 0 Å². The minimum atomic E-state index is -0.712. The van der Waals surface area contributed by atoms with Crippen LogP contribution in [-0.2, 0) is 4.79 Å². The van der Waals surface area contributed by atoms with Gasteiger partial charge in [0.2, 0.25) is 0 Å². The average molecular weight is 300 g/mol. The maximum Gasteiger partial charge on any atom is 0.308 e. The minimum Gasteiger partial charge on any atom is -0.481 e. The highest BCUT2D eigenvalue weighted by atomic mass is 79.9. The van der Waals surface area contributed by atoms with Gasteiger partial charge in [-0.2, -0.15) is 0 Å². The average Bonchev–Trinajstić information content (AvgIpc) is 1.82. The van der Waals surface area contributed by atoms with Crippen LogP contribution in [0, 0.1) is 11.8 Å². The van der Waals surface area contributed by atoms with Gasteiger partial charge in [-0.15, -0.1) is 0 Å². The third-order valence-corrected chi connectivity index (χ3v) is 4.13. The van der Waals surface area contributed by atoms with E-state index in [0.29, 0.717) is 5.92 Å². The fourth-order valence-electron chi connectivity index (χ4n) is 1.68. The van der Waals surface area contributed by atoms with E-state index < -0.39 is 5.97 Å². The molecule has 0 spiro atoms. The third kappa shape index (κ3) is 2.22. The Morgan fingerprint density at radius 3 is 2.50 bits per heavy atom. The molecule has 1 saturated carbocycles. The van der Waals surface area contributed by atoms with Gasteiger partial charge in [0.05, 0.1) is 9.15 Å². The van der Waals surface area contributed by atoms with Crippen LogP contribution in [-0.4, -0.2) is 14.3 Å². The summed E-state index contributed by atoms with van der Waals surface area (Å²) in [5.41, 5.74) is 0. The normalized spacial score (nSPS) is 34.6. The number of carbonyl (C=O) groups is 1. The Labute approximate surface area is 89.0 Å². The van der Waals surface area contributed by atoms with E-state index in [9.17, 15) is 4.79 Å². The predicted molar refractivity (Wildman–Crippen MR) is 54.7 cm³/mol. The van der Waals surface area contributed by atoms with E-state index in [2.05, 4.69) is 38.8 Å². The molecule has 0 radical (unpaired) electrons. The summed E-state index contributed by atoms with van der Waals surface area (Å²) in [5.74, 6) is -0.413. The number of rotatable bonds is 1. The second-order valence-corrected chi connectivity index (χ2v) is 7.43. The van der Waals surface area contributed by atoms with Crippen LogP contribution < -0.4 is 0 Å². The van der Waals surface area contributed by atoms with Crippen LogP contribution in [0.5, 0.6) is 0 Å². The zero-order valence-corrected chi connectivity index (χ0v) is 10.1. The largest absolute Gasteiger partial charge is 0.481 e. The van der Waals surface area contributed by atoms with E-state index in [0.717, 1.165) is 19.3 Å². The zero-order valence-electron chi connectivity index (χ0n) is 6.89. The van der Waals surface area contributed by atoms with Crippen LogP contribution in [0.2, 0.25) is 0 Å². The molecular weight excluding hydrogens is 288 g/mol. The van der Waals surface area contributed by atoms with Gasteiger partial charge in [-0.25, -0.2) is 0 Å². The van der Waals surface area contributed by atoms with Gasteiger partial charge in [-0.1, -0.05) is 38.8 Å². The van der Waals surface area contributed by atoms with Crippen molar-refractivity contribution in [1.82, 2.24) is 0 Å². The molecule has 4 heteroatoms. The SMILES string of the molecule is CC1CCC(C(=O)O)C(Br)(Br)C1. The molecule has 1 fully saturated rings. The third-order valence-electron chi connectivity index (χ3n) is 2.38. The summed E-state index contributed by atoms with van der Waals surface area (Å²) in [5, 5.41) is 8.90. The Morgan fingerprint density at radius 2 is 2.08 bits per heavy atom. The molecule has 1 aliphatic rings. The molecule has 0 heterocycles. The summed E-state index contributed by atoms with van der Waals surface area (Å²) in [6.45, 7) is 2.15. The lowest BCUT2D eigenvalue weighted by molar-refractivity contribution is -0.142. The standard InChI is InChI=1S/C8H12Br2O2/c1-5-2-3-6(7(11)12)8(9,10)4-5/h5-6H,2-4H2,1H3,(H,11,12). The van der Waals surface area contributed by atoms with Gasteiger partial charge in [-0.3, -0.25) is 4.79 Å². The molecule has 2 nitrogen and oxygen atoms in total. The molecule has 2 unspecified atom stereocenters. The quantitative estimate of drug-likeness (QED) is 0.756. The first-order valence-electron chi connectivity index (χ1n) is 4.04. The molecule has 70 valence electrons. The molecule has 0 aromatic heterocycles. The first-order chi connectivity index (χ1) is 5.43. The maximum atomic E-state index is 10.8. The van der Waals surface area contributed by atoms with E-state index in [-0.39, 0.29) is 9.15 Å². The van der Waals surface area contributed by atoms with E-state index in [1.807, 2.05) is 0 Å². The van der Waals surface area contributed by atoms with Crippen molar-refractivity contribution in [1.29, 1.82) is 0 Å². The molecule has 0 aromatic rings. The molecule has 0 aliphatic heterocycles. The molecule has 1 aliphatic carbocycles. The highest BCUT2D eigenvalue weighted by Gasteiger charge is 2.42. The Hall–Kier alpha value is 0.430. The molecule has 2 atom stereocenters. The number of carboxylic acid groups (broad SMARTS) is 1. The fraction of sp³-hybridized carbons (Fsp3) is 0.875. The Balaban J connectivity index is 2.70. The van der Waals surface area contributed by atoms with E-state index in [1.165, 1.54) is 0 Å². The van der Waals surface area contributed by atoms with Crippen LogP contribution >= 0.6 is 31.9 Å². The van der Waals surface area contributed by atoms with Crippen molar-refractivity contribution in [2.75, 3.05) is 0 Å². The molecular formula is C8H12Br2O2. The van der Waals surface area contributed by atoms with Gasteiger partial charge >= 0.3 is 5.97 Å². The first-order valence-corrected chi connectivity index (χ1v) is 5.62. The van der Waals surface area contributed by atoms with Gasteiger partial charge in [-0.05, 0) is 25.2 Å². The lowest BCUT2D eigenvalue weighted by Gasteiger charge is -2.35. The minimum absolute atomic E-state index is 0.298. The Kier molecular flexibility index (Phi) is 3.21. The van der Waals surface area contributed by atoms with Crippen LogP contribution in [0.25, 0.3) is 0 Å². The molecule has 12 heavy (non-hydrogen) atoms. The molecule has 0 saturated heterocycles. The van der Waals surface area contributed by atoms with E-state index in [1.54, 1.807) is 0 Å². The fourth-order valence-corrected chi connectivity index (χ4v) is 3.63. The number of halogens is 2. The van der Waals surface area contributed by atoms with E-state index in [4.69, 9.17) is 5.11 Å². The number of hydrogen-bond acceptors (Lipinski definition) is 1. The summed E-state index contributed by atoms with van der Waals surface area (Å²) in [6, 6.07) is 0. The van der Waals surface area contributed by atoms with Crippen molar-refractivity contribution in [3.05, 3.63) is 0 Å². The lowest BCUT2D eigenvalue weighted by Crippen LogP contribution is -2.37. The lowest BCUT2D eigenvalue weighted by atomic mass is 9.83. The smallest absolute Gasteiger partial charge is 0.308 e. The maximum absolute atomic E-state index is 10.8. The summed E-state index contributed by atoms with van der Waals surface area (Å²) < 4.78 is -0.385. The predicted octanol–water partition coefficient (Wildman–Crippen LogP) is 2.99. The summed E-state index contributed by atoms with van der Waals surface area (Å²) in [4.78, 5) is 10.8. The summed E-state index contributed by atoms with van der Waals surface area (Å²) in [6.07, 6.45) is 2.65. The van der Waals surface area contributed by atoms with Crippen LogP contribution in [0.15, 0.2) is 0 Å². The van der Waals surface area contributed by atoms with Crippen LogP contribution in [0.4, 0.5) is 0 Å². The van der Waals surface area contributed by atoms with Crippen molar-refractivity contribution >= 4 is 37.8 Å². The van der Waals surface area contributed by atoms with Crippen LogP contribution in [0.1, 0.15) is 26.2 Å².